The second-order valence-electron chi connectivity index (χ2n) is 2.97. The molecule has 1 radical (unpaired) electrons. The monoisotopic (exact) mass is 245 g/mol. The standard InChI is InChI=1S/2C7H7.Cu/c2*1-7-5-3-2-4-6-7;/h2*2-6H,1H2;/q2*-1;+2. The molecule has 1 heteroatoms. The van der Waals surface area contributed by atoms with Crippen molar-refractivity contribution in [2.75, 3.05) is 0 Å². The molecule has 2 aromatic carbocycles. The number of rotatable bonds is 0. The van der Waals surface area contributed by atoms with Crippen LogP contribution in [0.1, 0.15) is 11.1 Å². The minimum Gasteiger partial charge on any atom is -0.199 e. The first-order chi connectivity index (χ1) is 6.79. The topological polar surface area (TPSA) is 0 Å². The van der Waals surface area contributed by atoms with Crippen LogP contribution in [-0.2, 0) is 17.1 Å². The molecule has 0 nitrogen and oxygen atoms in total. The molecule has 0 fully saturated rings. The van der Waals surface area contributed by atoms with Crippen molar-refractivity contribution in [3.8, 4) is 0 Å². The fraction of sp³-hybridized carbons (Fsp3) is 0. The van der Waals surface area contributed by atoms with Gasteiger partial charge in [-0.25, -0.2) is 0 Å². The minimum atomic E-state index is 0. The maximum Gasteiger partial charge on any atom is 2.00 e. The number of benzene rings is 2. The molecule has 81 valence electrons. The molecule has 2 rings (SSSR count). The fourth-order valence-corrected chi connectivity index (χ4v) is 0.956. The van der Waals surface area contributed by atoms with Crippen LogP contribution in [0.3, 0.4) is 0 Å². The largest absolute Gasteiger partial charge is 2.00 e. The van der Waals surface area contributed by atoms with Crippen molar-refractivity contribution in [3.05, 3.63) is 85.6 Å². The van der Waals surface area contributed by atoms with Crippen LogP contribution in [-0.4, -0.2) is 0 Å². The Morgan fingerprint density at radius 3 is 0.933 bits per heavy atom. The van der Waals surface area contributed by atoms with Gasteiger partial charge in [-0.15, -0.1) is 24.3 Å². The zero-order valence-electron chi connectivity index (χ0n) is 8.49. The first-order valence-corrected chi connectivity index (χ1v) is 4.53. The fourth-order valence-electron chi connectivity index (χ4n) is 0.956. The maximum atomic E-state index is 3.72. The van der Waals surface area contributed by atoms with Crippen LogP contribution >= 0.6 is 0 Å². The van der Waals surface area contributed by atoms with Crippen molar-refractivity contribution in [2.24, 2.45) is 0 Å². The van der Waals surface area contributed by atoms with Gasteiger partial charge in [0, 0.05) is 0 Å². The van der Waals surface area contributed by atoms with Crippen LogP contribution in [0, 0.1) is 13.8 Å². The van der Waals surface area contributed by atoms with E-state index in [4.69, 9.17) is 0 Å². The van der Waals surface area contributed by atoms with E-state index < -0.39 is 0 Å². The van der Waals surface area contributed by atoms with E-state index in [0.29, 0.717) is 0 Å². The summed E-state index contributed by atoms with van der Waals surface area (Å²) in [4.78, 5) is 0. The van der Waals surface area contributed by atoms with Crippen molar-refractivity contribution in [1.29, 1.82) is 0 Å². The van der Waals surface area contributed by atoms with Gasteiger partial charge < -0.3 is 0 Å². The molecule has 0 heterocycles. The molecule has 0 atom stereocenters. The van der Waals surface area contributed by atoms with Gasteiger partial charge >= 0.3 is 17.1 Å². The molecule has 0 spiro atoms. The molecular formula is C14H14Cu. The Kier molecular flexibility index (Phi) is 7.35. The molecule has 0 aliphatic rings. The third-order valence-corrected chi connectivity index (χ3v) is 1.69. The SMILES string of the molecule is [CH2-]c1ccccc1.[CH2-]c1ccccc1.[Cu+2]. The smallest absolute Gasteiger partial charge is 0.199 e. The molecule has 0 aliphatic heterocycles. The van der Waals surface area contributed by atoms with Gasteiger partial charge in [-0.1, -0.05) is 12.1 Å². The van der Waals surface area contributed by atoms with E-state index in [1.54, 1.807) is 0 Å². The van der Waals surface area contributed by atoms with Crippen molar-refractivity contribution in [3.63, 3.8) is 0 Å². The zero-order valence-corrected chi connectivity index (χ0v) is 9.43. The van der Waals surface area contributed by atoms with Gasteiger partial charge in [-0.05, 0) is 0 Å². The van der Waals surface area contributed by atoms with Gasteiger partial charge in [0.05, 0.1) is 0 Å². The molecule has 0 unspecified atom stereocenters. The number of hydrogen-bond donors (Lipinski definition) is 0. The van der Waals surface area contributed by atoms with Crippen LogP contribution in [0.4, 0.5) is 0 Å². The van der Waals surface area contributed by atoms with E-state index in [1.807, 2.05) is 60.7 Å². The van der Waals surface area contributed by atoms with Crippen LogP contribution in [0.25, 0.3) is 0 Å². The summed E-state index contributed by atoms with van der Waals surface area (Å²) < 4.78 is 0. The first kappa shape index (κ1) is 13.7. The van der Waals surface area contributed by atoms with Gasteiger partial charge in [-0.2, -0.15) is 49.2 Å². The molecule has 0 amide bonds. The summed E-state index contributed by atoms with van der Waals surface area (Å²) >= 11 is 0. The minimum absolute atomic E-state index is 0. The summed E-state index contributed by atoms with van der Waals surface area (Å²) in [6.45, 7) is 7.44. The predicted molar refractivity (Wildman–Crippen MR) is 61.8 cm³/mol. The molecular weight excluding hydrogens is 232 g/mol. The third-order valence-electron chi connectivity index (χ3n) is 1.69. The Morgan fingerprint density at radius 2 is 0.800 bits per heavy atom. The second-order valence-corrected chi connectivity index (χ2v) is 2.97. The number of hydrogen-bond acceptors (Lipinski definition) is 0. The van der Waals surface area contributed by atoms with Crippen LogP contribution in [0.5, 0.6) is 0 Å². The molecule has 15 heavy (non-hydrogen) atoms. The zero-order chi connectivity index (χ0) is 10.2. The van der Waals surface area contributed by atoms with Crippen molar-refractivity contribution < 1.29 is 17.1 Å². The van der Waals surface area contributed by atoms with Crippen LogP contribution in [0.15, 0.2) is 60.7 Å². The molecule has 0 aromatic heterocycles. The van der Waals surface area contributed by atoms with Gasteiger partial charge in [-0.3, -0.25) is 0 Å². The Labute approximate surface area is 103 Å². The normalized spacial score (nSPS) is 8.00. The Balaban J connectivity index is 0.000000245. The van der Waals surface area contributed by atoms with E-state index in [0.717, 1.165) is 11.1 Å². The van der Waals surface area contributed by atoms with E-state index in [2.05, 4.69) is 13.8 Å². The summed E-state index contributed by atoms with van der Waals surface area (Å²) in [7, 11) is 0. The summed E-state index contributed by atoms with van der Waals surface area (Å²) in [6, 6.07) is 19.7. The van der Waals surface area contributed by atoms with Gasteiger partial charge in [0.15, 0.2) is 0 Å². The van der Waals surface area contributed by atoms with Crippen LogP contribution in [0.2, 0.25) is 0 Å². The predicted octanol–water partition coefficient (Wildman–Crippen LogP) is 3.74. The summed E-state index contributed by atoms with van der Waals surface area (Å²) in [5.41, 5.74) is 2.14. The Morgan fingerprint density at radius 1 is 0.533 bits per heavy atom. The first-order valence-electron chi connectivity index (χ1n) is 4.53. The average molecular weight is 246 g/mol. The second kappa shape index (κ2) is 8.04. The van der Waals surface area contributed by atoms with Crippen LogP contribution < -0.4 is 0 Å². The Bertz CT molecular complexity index is 303. The van der Waals surface area contributed by atoms with Crippen molar-refractivity contribution in [2.45, 2.75) is 0 Å². The molecule has 0 aliphatic carbocycles. The van der Waals surface area contributed by atoms with Gasteiger partial charge in [0.25, 0.3) is 0 Å². The molecule has 0 saturated carbocycles. The Hall–Kier alpha value is -1.30. The van der Waals surface area contributed by atoms with E-state index in [9.17, 15) is 0 Å². The maximum absolute atomic E-state index is 3.72. The molecule has 0 N–H and O–H groups in total. The van der Waals surface area contributed by atoms with Gasteiger partial charge in [0.1, 0.15) is 0 Å². The van der Waals surface area contributed by atoms with Gasteiger partial charge in [0.2, 0.25) is 0 Å². The average Bonchev–Trinajstić information content (AvgIpc) is 2.21. The molecule has 2 aromatic rings. The summed E-state index contributed by atoms with van der Waals surface area (Å²) in [5.74, 6) is 0. The molecule has 0 bridgehead atoms. The van der Waals surface area contributed by atoms with Crippen molar-refractivity contribution >= 4 is 0 Å². The van der Waals surface area contributed by atoms with E-state index in [-0.39, 0.29) is 17.1 Å². The quantitative estimate of drug-likeness (QED) is 0.490. The summed E-state index contributed by atoms with van der Waals surface area (Å²) in [6.07, 6.45) is 0. The van der Waals surface area contributed by atoms with Crippen molar-refractivity contribution in [1.82, 2.24) is 0 Å². The molecule has 0 saturated heterocycles. The van der Waals surface area contributed by atoms with E-state index >= 15 is 0 Å². The third kappa shape index (κ3) is 6.73. The van der Waals surface area contributed by atoms with E-state index in [1.165, 1.54) is 0 Å². The summed E-state index contributed by atoms with van der Waals surface area (Å²) in [5, 5.41) is 0.